The van der Waals surface area contributed by atoms with Crippen LogP contribution in [0.1, 0.15) is 35.7 Å². The fraction of sp³-hybridized carbons (Fsp3) is 0.381. The standard InChI is InChI=1S/C21H26N6O2/c1-15-10-11-22-20(12-15)29-17-9-8-16(2)26(13-17)21(28)18-6-4-5-7-19(18)27-23-14-25(3)24-27/h4-7,10-12,14,16-17,24H,8-9,13H2,1-3H3/t16-,17-/m1/s1. The van der Waals surface area contributed by atoms with E-state index in [1.54, 1.807) is 22.7 Å². The number of ether oxygens (including phenoxy) is 1. The summed E-state index contributed by atoms with van der Waals surface area (Å²) in [5.74, 6) is 0.584. The number of rotatable bonds is 4. The van der Waals surface area contributed by atoms with Crippen LogP contribution in [0, 0.1) is 6.92 Å². The Hall–Kier alpha value is -3.13. The molecule has 0 aliphatic carbocycles. The van der Waals surface area contributed by atoms with Gasteiger partial charge in [0, 0.05) is 25.4 Å². The van der Waals surface area contributed by atoms with E-state index in [-0.39, 0.29) is 18.1 Å². The second kappa shape index (κ2) is 8.08. The average Bonchev–Trinajstić information content (AvgIpc) is 3.15. The van der Waals surface area contributed by atoms with Gasteiger partial charge in [-0.1, -0.05) is 12.1 Å². The number of nitrogens with one attached hydrogen (secondary N) is 1. The average molecular weight is 394 g/mol. The highest BCUT2D eigenvalue weighted by atomic mass is 16.5. The Labute approximate surface area is 170 Å². The molecule has 152 valence electrons. The van der Waals surface area contributed by atoms with Crippen LogP contribution in [0.2, 0.25) is 0 Å². The van der Waals surface area contributed by atoms with Crippen LogP contribution in [-0.2, 0) is 0 Å². The number of piperidine rings is 1. The van der Waals surface area contributed by atoms with E-state index in [0.717, 1.165) is 18.4 Å². The molecule has 1 amide bonds. The van der Waals surface area contributed by atoms with Gasteiger partial charge in [-0.25, -0.2) is 4.98 Å². The third kappa shape index (κ3) is 4.17. The van der Waals surface area contributed by atoms with Crippen LogP contribution in [0.3, 0.4) is 0 Å². The Morgan fingerprint density at radius 3 is 2.83 bits per heavy atom. The lowest BCUT2D eigenvalue weighted by atomic mass is 9.99. The van der Waals surface area contributed by atoms with E-state index in [9.17, 15) is 4.79 Å². The van der Waals surface area contributed by atoms with Crippen molar-refractivity contribution in [2.45, 2.75) is 38.8 Å². The number of carbonyl (C=O) groups is 1. The highest BCUT2D eigenvalue weighted by molar-refractivity contribution is 6.00. The second-order valence-electron chi connectivity index (χ2n) is 7.57. The maximum absolute atomic E-state index is 13.5. The van der Waals surface area contributed by atoms with E-state index < -0.39 is 0 Å². The van der Waals surface area contributed by atoms with E-state index in [1.165, 1.54) is 0 Å². The van der Waals surface area contributed by atoms with E-state index in [0.29, 0.717) is 23.7 Å². The number of likely N-dealkylation sites (tertiary alicyclic amines) is 1. The van der Waals surface area contributed by atoms with Gasteiger partial charge < -0.3 is 9.64 Å². The summed E-state index contributed by atoms with van der Waals surface area (Å²) >= 11 is 0. The molecular weight excluding hydrogens is 368 g/mol. The second-order valence-corrected chi connectivity index (χ2v) is 7.57. The molecule has 0 spiro atoms. The number of hydrogen-bond acceptors (Lipinski definition) is 7. The van der Waals surface area contributed by atoms with Crippen molar-refractivity contribution in [3.8, 4) is 5.88 Å². The molecule has 8 nitrogen and oxygen atoms in total. The van der Waals surface area contributed by atoms with Crippen LogP contribution < -0.4 is 15.4 Å². The Balaban J connectivity index is 1.52. The Morgan fingerprint density at radius 1 is 1.24 bits per heavy atom. The van der Waals surface area contributed by atoms with E-state index >= 15 is 0 Å². The number of nitrogens with zero attached hydrogens (tertiary/aromatic N) is 5. The van der Waals surface area contributed by atoms with Crippen molar-refractivity contribution >= 4 is 17.9 Å². The number of para-hydroxylation sites is 1. The number of aromatic nitrogens is 1. The van der Waals surface area contributed by atoms with Gasteiger partial charge in [0.2, 0.25) is 5.88 Å². The van der Waals surface area contributed by atoms with Gasteiger partial charge in [0.25, 0.3) is 5.91 Å². The topological polar surface area (TPSA) is 73.3 Å². The number of hydrazone groups is 1. The van der Waals surface area contributed by atoms with Gasteiger partial charge in [-0.15, -0.1) is 10.6 Å². The van der Waals surface area contributed by atoms with Gasteiger partial charge in [0.1, 0.15) is 12.4 Å². The zero-order chi connectivity index (χ0) is 20.4. The summed E-state index contributed by atoms with van der Waals surface area (Å²) in [7, 11) is 1.85. The summed E-state index contributed by atoms with van der Waals surface area (Å²) in [6.45, 7) is 4.62. The first-order valence-corrected chi connectivity index (χ1v) is 9.84. The molecule has 29 heavy (non-hydrogen) atoms. The maximum Gasteiger partial charge on any atom is 0.256 e. The number of anilines is 1. The van der Waals surface area contributed by atoms with Gasteiger partial charge in [-0.05, 0) is 50.5 Å². The van der Waals surface area contributed by atoms with Gasteiger partial charge in [0.05, 0.1) is 17.8 Å². The zero-order valence-corrected chi connectivity index (χ0v) is 16.9. The molecule has 2 aliphatic rings. The molecule has 1 fully saturated rings. The molecule has 4 rings (SSSR count). The molecule has 1 aromatic carbocycles. The lowest BCUT2D eigenvalue weighted by molar-refractivity contribution is 0.0373. The SMILES string of the molecule is Cc1ccnc(O[C@@H]2CC[C@@H](C)N(C(=O)c3ccccc3N3N=CN(C)N3)C2)c1. The molecule has 2 atom stereocenters. The molecule has 3 heterocycles. The number of benzene rings is 1. The molecule has 8 heteroatoms. The fourth-order valence-electron chi connectivity index (χ4n) is 3.64. The molecule has 0 bridgehead atoms. The number of hydrogen-bond donors (Lipinski definition) is 1. The summed E-state index contributed by atoms with van der Waals surface area (Å²) in [4.78, 5) is 19.6. The predicted molar refractivity (Wildman–Crippen MR) is 111 cm³/mol. The largest absolute Gasteiger partial charge is 0.472 e. The summed E-state index contributed by atoms with van der Waals surface area (Å²) in [5.41, 5.74) is 5.49. The molecule has 1 N–H and O–H groups in total. The minimum Gasteiger partial charge on any atom is -0.472 e. The van der Waals surface area contributed by atoms with Crippen molar-refractivity contribution in [3.63, 3.8) is 0 Å². The number of aryl methyl sites for hydroxylation is 1. The van der Waals surface area contributed by atoms with Crippen LogP contribution in [-0.4, -0.2) is 52.9 Å². The number of carbonyl (C=O) groups excluding carboxylic acids is 1. The van der Waals surface area contributed by atoms with E-state index in [1.807, 2.05) is 55.3 Å². The van der Waals surface area contributed by atoms with E-state index in [2.05, 4.69) is 22.5 Å². The minimum absolute atomic E-state index is 0.0230. The third-order valence-corrected chi connectivity index (χ3v) is 5.23. The molecule has 0 radical (unpaired) electrons. The van der Waals surface area contributed by atoms with Crippen molar-refractivity contribution in [1.82, 2.24) is 20.4 Å². The van der Waals surface area contributed by atoms with Gasteiger partial charge in [0.15, 0.2) is 0 Å². The molecule has 0 unspecified atom stereocenters. The van der Waals surface area contributed by atoms with Crippen molar-refractivity contribution in [1.29, 1.82) is 0 Å². The Morgan fingerprint density at radius 2 is 2.07 bits per heavy atom. The van der Waals surface area contributed by atoms with Crippen LogP contribution in [0.5, 0.6) is 5.88 Å². The quantitative estimate of drug-likeness (QED) is 0.859. The Kier molecular flexibility index (Phi) is 5.35. The third-order valence-electron chi connectivity index (χ3n) is 5.23. The molecular formula is C21H26N6O2. The Bertz CT molecular complexity index is 918. The lowest BCUT2D eigenvalue weighted by Crippen LogP contribution is -2.49. The van der Waals surface area contributed by atoms with Crippen molar-refractivity contribution < 1.29 is 9.53 Å². The monoisotopic (exact) mass is 394 g/mol. The zero-order valence-electron chi connectivity index (χ0n) is 16.9. The van der Waals surface area contributed by atoms with Gasteiger partial charge in [-0.2, -0.15) is 5.12 Å². The molecule has 0 saturated carbocycles. The highest BCUT2D eigenvalue weighted by Crippen LogP contribution is 2.27. The molecule has 2 aliphatic heterocycles. The fourth-order valence-corrected chi connectivity index (χ4v) is 3.64. The first-order valence-electron chi connectivity index (χ1n) is 9.84. The minimum atomic E-state index is -0.0781. The smallest absolute Gasteiger partial charge is 0.256 e. The first-order chi connectivity index (χ1) is 14.0. The maximum atomic E-state index is 13.5. The summed E-state index contributed by atoms with van der Waals surface area (Å²) in [5, 5.41) is 7.62. The van der Waals surface area contributed by atoms with Crippen LogP contribution in [0.25, 0.3) is 0 Å². The highest BCUT2D eigenvalue weighted by Gasteiger charge is 2.32. The summed E-state index contributed by atoms with van der Waals surface area (Å²) in [6.07, 6.45) is 5.10. The van der Waals surface area contributed by atoms with Crippen LogP contribution in [0.15, 0.2) is 47.7 Å². The van der Waals surface area contributed by atoms with E-state index in [4.69, 9.17) is 4.74 Å². The molecule has 1 saturated heterocycles. The normalized spacial score (nSPS) is 21.6. The predicted octanol–water partition coefficient (Wildman–Crippen LogP) is 2.58. The van der Waals surface area contributed by atoms with Crippen molar-refractivity contribution in [2.24, 2.45) is 5.10 Å². The molecule has 2 aromatic rings. The first kappa shape index (κ1) is 19.2. The number of amides is 1. The number of pyridine rings is 1. The van der Waals surface area contributed by atoms with Crippen LogP contribution >= 0.6 is 0 Å². The molecule has 1 aromatic heterocycles. The van der Waals surface area contributed by atoms with Gasteiger partial charge in [-0.3, -0.25) is 9.80 Å². The van der Waals surface area contributed by atoms with Crippen molar-refractivity contribution in [3.05, 3.63) is 53.7 Å². The van der Waals surface area contributed by atoms with Crippen LogP contribution in [0.4, 0.5) is 5.69 Å². The summed E-state index contributed by atoms with van der Waals surface area (Å²) in [6, 6.07) is 11.5. The number of hydrazine groups is 2. The summed E-state index contributed by atoms with van der Waals surface area (Å²) < 4.78 is 6.09. The lowest BCUT2D eigenvalue weighted by Gasteiger charge is -2.38. The van der Waals surface area contributed by atoms with Crippen molar-refractivity contribution in [2.75, 3.05) is 18.7 Å². The van der Waals surface area contributed by atoms with Gasteiger partial charge >= 0.3 is 0 Å².